The quantitative estimate of drug-likeness (QED) is 0.583. The van der Waals surface area contributed by atoms with Crippen LogP contribution in [-0.2, 0) is 0 Å². The van der Waals surface area contributed by atoms with Crippen LogP contribution in [0.1, 0.15) is 0 Å². The van der Waals surface area contributed by atoms with Crippen molar-refractivity contribution in [3.8, 4) is 0 Å². The largest absolute Gasteiger partial charge is 0.344 e. The third kappa shape index (κ3) is 88.5. The van der Waals surface area contributed by atoms with Crippen molar-refractivity contribution in [1.29, 1.82) is 5.41 Å². The highest BCUT2D eigenvalue weighted by atomic mass is 79.9. The molecule has 0 atom stereocenters. The summed E-state index contributed by atoms with van der Waals surface area (Å²) in [5, 5.41) is 5.50. The molecule has 0 aliphatic carbocycles. The lowest BCUT2D eigenvalue weighted by molar-refractivity contribution is 1.61. The Balaban J connectivity index is -0.00000000167. The second kappa shape index (κ2) is 170. The number of hydrogen-bond donors (Lipinski definition) is 2. The first-order valence-electron chi connectivity index (χ1n) is 0.354. The van der Waals surface area contributed by atoms with Gasteiger partial charge in [0.25, 0.3) is 0 Å². The van der Waals surface area contributed by atoms with Crippen molar-refractivity contribution in [3.63, 3.8) is 0 Å². The minimum atomic E-state index is 0. The van der Waals surface area contributed by atoms with Crippen LogP contribution in [0, 0.1) is 5.41 Å². The molecule has 4 N–H and O–H groups in total. The summed E-state index contributed by atoms with van der Waals surface area (Å²) in [6.45, 7) is 2.50. The van der Waals surface area contributed by atoms with Gasteiger partial charge in [0.2, 0.25) is 0 Å². The lowest BCUT2D eigenvalue weighted by Crippen LogP contribution is -0.827. The molecule has 0 rings (SSSR count). The summed E-state index contributed by atoms with van der Waals surface area (Å²) in [5.74, 6) is 0. The zero-order valence-electron chi connectivity index (χ0n) is 2.73. The van der Waals surface area contributed by atoms with E-state index < -0.39 is 0 Å². The lowest BCUT2D eigenvalue weighted by atomic mass is 11.8. The van der Waals surface area contributed by atoms with Gasteiger partial charge in [-0.3, -0.25) is 0 Å². The van der Waals surface area contributed by atoms with Crippen molar-refractivity contribution in [2.75, 3.05) is 0 Å². The van der Waals surface area contributed by atoms with Crippen LogP contribution < -0.4 is 6.15 Å². The summed E-state index contributed by atoms with van der Waals surface area (Å²) in [7, 11) is 0. The van der Waals surface area contributed by atoms with Crippen molar-refractivity contribution in [2.24, 2.45) is 0 Å². The molecule has 0 saturated heterocycles. The Kier molecular flexibility index (Phi) is 1580. The normalized spacial score (nSPS) is 0.800. The number of rotatable bonds is 0. The van der Waals surface area contributed by atoms with E-state index in [2.05, 4.69) is 6.72 Å². The van der Waals surface area contributed by atoms with Crippen molar-refractivity contribution >= 4 is 40.7 Å². The number of nitrogens with one attached hydrogen (secondary N) is 1. The van der Waals surface area contributed by atoms with Crippen LogP contribution in [0.5, 0.6) is 0 Å². The van der Waals surface area contributed by atoms with Crippen molar-refractivity contribution in [2.45, 2.75) is 0 Å². The van der Waals surface area contributed by atoms with Gasteiger partial charge in [-0.05, 0) is 6.72 Å². The molecule has 2 nitrogen and oxygen atoms in total. The second-order valence-corrected chi connectivity index (χ2v) is 0. The topological polar surface area (TPSA) is 58.9 Å². The van der Waals surface area contributed by atoms with E-state index in [-0.39, 0.29) is 40.1 Å². The van der Waals surface area contributed by atoms with E-state index in [1.807, 2.05) is 0 Å². The standard InChI is InChI=1S/CH3N.2BrH.H3N/c1-2;;;/h2H,1H2;2*1H;1H3. The van der Waals surface area contributed by atoms with Gasteiger partial charge in [0.05, 0.1) is 0 Å². The van der Waals surface area contributed by atoms with E-state index in [0.29, 0.717) is 0 Å². The van der Waals surface area contributed by atoms with Crippen LogP contribution in [0.25, 0.3) is 0 Å². The van der Waals surface area contributed by atoms with Crippen LogP contribution in [0.2, 0.25) is 0 Å². The molecule has 0 spiro atoms. The van der Waals surface area contributed by atoms with E-state index in [9.17, 15) is 0 Å². The van der Waals surface area contributed by atoms with Gasteiger partial charge < -0.3 is 11.6 Å². The third-order valence-electron chi connectivity index (χ3n) is 0. The predicted octanol–water partition coefficient (Wildman–Crippen LogP) is 1.58. The van der Waals surface area contributed by atoms with Crippen molar-refractivity contribution in [1.82, 2.24) is 6.15 Å². The molecular formula is CH8Br2N2. The highest BCUT2D eigenvalue weighted by Crippen LogP contribution is 0.847. The van der Waals surface area contributed by atoms with Gasteiger partial charge in [0.15, 0.2) is 0 Å². The van der Waals surface area contributed by atoms with Gasteiger partial charge >= 0.3 is 0 Å². The van der Waals surface area contributed by atoms with Gasteiger partial charge in [0, 0.05) is 0 Å². The average Bonchev–Trinajstić information content (AvgIpc) is 1.00. The first-order chi connectivity index (χ1) is 1.00. The monoisotopic (exact) mass is 206 g/mol. The fourth-order valence-corrected chi connectivity index (χ4v) is 0. The minimum absolute atomic E-state index is 0. The SMILES string of the molecule is Br.Br.C=N.N. The molecule has 36 valence electrons. The molecule has 5 heavy (non-hydrogen) atoms. The van der Waals surface area contributed by atoms with E-state index in [1.54, 1.807) is 0 Å². The molecule has 0 amide bonds. The fraction of sp³-hybridized carbons (Fsp3) is 0. The van der Waals surface area contributed by atoms with Gasteiger partial charge in [-0.25, -0.2) is 0 Å². The summed E-state index contributed by atoms with van der Waals surface area (Å²) in [5.41, 5.74) is 0. The molecule has 0 unspecified atom stereocenters. The van der Waals surface area contributed by atoms with Crippen LogP contribution in [-0.4, -0.2) is 6.72 Å². The highest BCUT2D eigenvalue weighted by Gasteiger charge is 0.555. The average molecular weight is 208 g/mol. The first-order valence-corrected chi connectivity index (χ1v) is 0.354. The Hall–Kier alpha value is 0.590. The predicted molar refractivity (Wildman–Crippen MR) is 35.5 cm³/mol. The van der Waals surface area contributed by atoms with Crippen molar-refractivity contribution < 1.29 is 0 Å². The third-order valence-corrected chi connectivity index (χ3v) is 0. The zero-order chi connectivity index (χ0) is 2.00. The highest BCUT2D eigenvalue weighted by molar-refractivity contribution is 8.93. The maximum atomic E-state index is 5.50. The summed E-state index contributed by atoms with van der Waals surface area (Å²) in [6, 6.07) is 0. The molecule has 0 aromatic rings. The molecule has 0 aliphatic rings. The zero-order valence-corrected chi connectivity index (χ0v) is 6.16. The fourth-order valence-electron chi connectivity index (χ4n) is 0. The second-order valence-electron chi connectivity index (χ2n) is 0. The summed E-state index contributed by atoms with van der Waals surface area (Å²) in [6.07, 6.45) is 0. The summed E-state index contributed by atoms with van der Waals surface area (Å²) >= 11 is 0. The summed E-state index contributed by atoms with van der Waals surface area (Å²) < 4.78 is 0. The molecule has 0 aromatic carbocycles. The smallest absolute Gasteiger partial charge is 0.0187 e. The lowest BCUT2D eigenvalue weighted by Gasteiger charge is -0.890. The maximum absolute atomic E-state index is 5.50. The van der Waals surface area contributed by atoms with Crippen molar-refractivity contribution in [3.05, 3.63) is 0 Å². The first kappa shape index (κ1) is 46.6. The van der Waals surface area contributed by atoms with E-state index in [1.165, 1.54) is 0 Å². The minimum Gasteiger partial charge on any atom is -0.344 e. The van der Waals surface area contributed by atoms with E-state index in [0.717, 1.165) is 0 Å². The molecule has 0 saturated carbocycles. The number of hydrogen-bond acceptors (Lipinski definition) is 2. The molecule has 0 bridgehead atoms. The Labute approximate surface area is 52.6 Å². The Morgan fingerprint density at radius 1 is 1.00 bits per heavy atom. The van der Waals surface area contributed by atoms with Gasteiger partial charge in [0.1, 0.15) is 0 Å². The number of halogens is 2. The van der Waals surface area contributed by atoms with Crippen LogP contribution >= 0.6 is 34.0 Å². The molecular weight excluding hydrogens is 200 g/mol. The van der Waals surface area contributed by atoms with Gasteiger partial charge in [-0.1, -0.05) is 0 Å². The summed E-state index contributed by atoms with van der Waals surface area (Å²) in [4.78, 5) is 0. The van der Waals surface area contributed by atoms with Crippen LogP contribution in [0.15, 0.2) is 0 Å². The van der Waals surface area contributed by atoms with E-state index in [4.69, 9.17) is 5.41 Å². The molecule has 0 heterocycles. The Morgan fingerprint density at radius 2 is 1.00 bits per heavy atom. The molecule has 4 heteroatoms. The molecule has 0 fully saturated rings. The van der Waals surface area contributed by atoms with Crippen LogP contribution in [0.3, 0.4) is 0 Å². The maximum Gasteiger partial charge on any atom is -0.0187 e. The van der Waals surface area contributed by atoms with Gasteiger partial charge in [-0.15, -0.1) is 34.0 Å². The van der Waals surface area contributed by atoms with Gasteiger partial charge in [-0.2, -0.15) is 0 Å². The van der Waals surface area contributed by atoms with Crippen LogP contribution in [0.4, 0.5) is 0 Å². The Morgan fingerprint density at radius 3 is 1.00 bits per heavy atom. The molecule has 0 aliphatic heterocycles. The molecule has 0 aromatic heterocycles. The molecule has 0 radical (unpaired) electrons. The Bertz CT molecular complexity index is 7.61. The van der Waals surface area contributed by atoms with E-state index >= 15 is 0 Å².